The highest BCUT2D eigenvalue weighted by Crippen LogP contribution is 2.63. The topological polar surface area (TPSA) is 77.7 Å². The predicted octanol–water partition coefficient (Wildman–Crippen LogP) is 2.89. The van der Waals surface area contributed by atoms with Crippen LogP contribution in [0.25, 0.3) is 11.1 Å². The largest absolute Gasteiger partial charge is 0.443 e. The third-order valence-electron chi connectivity index (χ3n) is 6.06. The summed E-state index contributed by atoms with van der Waals surface area (Å²) < 4.78 is 69.3. The van der Waals surface area contributed by atoms with Crippen LogP contribution in [0.15, 0.2) is 24.4 Å². The summed E-state index contributed by atoms with van der Waals surface area (Å²) >= 11 is 0. The number of ether oxygens (including phenoxy) is 2. The van der Waals surface area contributed by atoms with Crippen LogP contribution >= 0.6 is 0 Å². The summed E-state index contributed by atoms with van der Waals surface area (Å²) in [7, 11) is 0. The number of aromatic nitrogens is 1. The molecule has 1 aromatic carbocycles. The smallest absolute Gasteiger partial charge is 0.414 e. The molecule has 0 radical (unpaired) electrons. The van der Waals surface area contributed by atoms with Crippen LogP contribution in [0.1, 0.15) is 5.69 Å². The van der Waals surface area contributed by atoms with Gasteiger partial charge in [0.2, 0.25) is 0 Å². The Hall–Kier alpha value is -2.72. The van der Waals surface area contributed by atoms with Crippen molar-refractivity contribution in [3.63, 3.8) is 0 Å². The summed E-state index contributed by atoms with van der Waals surface area (Å²) in [6.07, 6.45) is -0.519. The average molecular weight is 423 g/mol. The first kappa shape index (κ1) is 19.3. The standard InChI is InChI=1S/C20H17F4N3O3/c21-13-3-14(27-6-10(4-25)30-19(27)28)17(22)18(23)16(13)9-1-2-15(26-5-9)20(24)11-7-29-8-12(11)20/h1-3,5,10-12H,4,6-8,25H2. The highest BCUT2D eigenvalue weighted by atomic mass is 19.2. The van der Waals surface area contributed by atoms with E-state index in [1.165, 1.54) is 12.1 Å². The molecule has 158 valence electrons. The lowest BCUT2D eigenvalue weighted by molar-refractivity contribution is 0.0974. The second-order valence-corrected chi connectivity index (χ2v) is 7.68. The van der Waals surface area contributed by atoms with Crippen LogP contribution in [-0.2, 0) is 15.1 Å². The minimum atomic E-state index is -1.60. The second-order valence-electron chi connectivity index (χ2n) is 7.68. The second kappa shape index (κ2) is 6.64. The van der Waals surface area contributed by atoms with Gasteiger partial charge in [-0.3, -0.25) is 9.88 Å². The van der Waals surface area contributed by atoms with E-state index in [-0.39, 0.29) is 36.2 Å². The maximum absolute atomic E-state index is 15.0. The number of cyclic esters (lactones) is 1. The molecule has 0 spiro atoms. The van der Waals surface area contributed by atoms with Crippen molar-refractivity contribution in [2.45, 2.75) is 11.8 Å². The molecule has 2 saturated heterocycles. The number of benzene rings is 1. The van der Waals surface area contributed by atoms with Crippen molar-refractivity contribution in [3.05, 3.63) is 47.5 Å². The summed E-state index contributed by atoms with van der Waals surface area (Å²) in [6.45, 7) is 0.495. The highest BCUT2D eigenvalue weighted by molar-refractivity contribution is 5.90. The number of carbonyl (C=O) groups excluding carboxylic acids is 1. The third-order valence-corrected chi connectivity index (χ3v) is 6.06. The summed E-state index contributed by atoms with van der Waals surface area (Å²) in [6, 6.07) is 3.37. The van der Waals surface area contributed by atoms with Gasteiger partial charge in [0.1, 0.15) is 11.9 Å². The van der Waals surface area contributed by atoms with E-state index < -0.39 is 46.6 Å². The molecule has 2 aliphatic heterocycles. The van der Waals surface area contributed by atoms with Crippen LogP contribution < -0.4 is 10.6 Å². The van der Waals surface area contributed by atoms with Crippen molar-refractivity contribution in [1.82, 2.24) is 4.98 Å². The Balaban J connectivity index is 1.47. The molecule has 3 fully saturated rings. The molecule has 10 heteroatoms. The average Bonchev–Trinajstić information content (AvgIpc) is 3.13. The summed E-state index contributed by atoms with van der Waals surface area (Å²) in [4.78, 5) is 16.7. The number of hydrogen-bond donors (Lipinski definition) is 1. The van der Waals surface area contributed by atoms with Crippen LogP contribution in [0.2, 0.25) is 0 Å². The lowest BCUT2D eigenvalue weighted by atomic mass is 10.0. The number of rotatable bonds is 4. The fourth-order valence-electron chi connectivity index (χ4n) is 4.33. The number of nitrogens with two attached hydrogens (primary N) is 1. The zero-order chi connectivity index (χ0) is 21.2. The summed E-state index contributed by atoms with van der Waals surface area (Å²) in [5.41, 5.74) is 2.72. The Morgan fingerprint density at radius 3 is 2.53 bits per heavy atom. The van der Waals surface area contributed by atoms with Crippen molar-refractivity contribution < 1.29 is 31.8 Å². The van der Waals surface area contributed by atoms with Crippen molar-refractivity contribution >= 4 is 11.8 Å². The number of nitrogens with zero attached hydrogens (tertiary/aromatic N) is 2. The van der Waals surface area contributed by atoms with Crippen LogP contribution in [0.3, 0.4) is 0 Å². The van der Waals surface area contributed by atoms with Gasteiger partial charge in [-0.05, 0) is 6.07 Å². The molecule has 3 unspecified atom stereocenters. The normalized spacial score (nSPS) is 29.8. The fraction of sp³-hybridized carbons (Fsp3) is 0.400. The molecule has 0 bridgehead atoms. The first-order valence-corrected chi connectivity index (χ1v) is 9.45. The molecule has 1 aliphatic carbocycles. The first-order valence-electron chi connectivity index (χ1n) is 9.45. The third kappa shape index (κ3) is 2.63. The zero-order valence-electron chi connectivity index (χ0n) is 15.6. The van der Waals surface area contributed by atoms with Gasteiger partial charge in [-0.2, -0.15) is 0 Å². The van der Waals surface area contributed by atoms with Gasteiger partial charge in [0.15, 0.2) is 17.3 Å². The molecular weight excluding hydrogens is 406 g/mol. The lowest BCUT2D eigenvalue weighted by Gasteiger charge is -2.17. The number of fused-ring (bicyclic) bond motifs is 1. The van der Waals surface area contributed by atoms with E-state index >= 15 is 4.39 Å². The molecule has 3 atom stereocenters. The highest BCUT2D eigenvalue weighted by Gasteiger charge is 2.70. The molecule has 30 heavy (non-hydrogen) atoms. The first-order chi connectivity index (χ1) is 14.4. The van der Waals surface area contributed by atoms with Crippen LogP contribution in [0.5, 0.6) is 0 Å². The Kier molecular flexibility index (Phi) is 4.26. The van der Waals surface area contributed by atoms with E-state index in [1.54, 1.807) is 0 Å². The quantitative estimate of drug-likeness (QED) is 0.605. The Morgan fingerprint density at radius 2 is 1.93 bits per heavy atom. The van der Waals surface area contributed by atoms with Gasteiger partial charge >= 0.3 is 6.09 Å². The van der Waals surface area contributed by atoms with Gasteiger partial charge in [0.25, 0.3) is 0 Å². The number of hydrogen-bond acceptors (Lipinski definition) is 5. The van der Waals surface area contributed by atoms with Gasteiger partial charge in [-0.25, -0.2) is 22.4 Å². The van der Waals surface area contributed by atoms with Crippen LogP contribution in [0.4, 0.5) is 28.0 Å². The zero-order valence-corrected chi connectivity index (χ0v) is 15.6. The van der Waals surface area contributed by atoms with E-state index in [0.717, 1.165) is 17.2 Å². The van der Waals surface area contributed by atoms with Gasteiger partial charge in [0, 0.05) is 36.2 Å². The number of anilines is 1. The number of amides is 1. The van der Waals surface area contributed by atoms with Gasteiger partial charge in [-0.1, -0.05) is 6.07 Å². The van der Waals surface area contributed by atoms with Crippen LogP contribution in [0, 0.1) is 29.3 Å². The van der Waals surface area contributed by atoms with Crippen molar-refractivity contribution in [2.24, 2.45) is 17.6 Å². The van der Waals surface area contributed by atoms with E-state index in [2.05, 4.69) is 4.98 Å². The molecular formula is C20H17F4N3O3. The molecule has 5 rings (SSSR count). The molecule has 1 aromatic heterocycles. The van der Waals surface area contributed by atoms with Gasteiger partial charge in [-0.15, -0.1) is 0 Å². The number of halogens is 4. The molecule has 1 amide bonds. The summed E-state index contributed by atoms with van der Waals surface area (Å²) in [5, 5.41) is 0. The minimum Gasteiger partial charge on any atom is -0.443 e. The van der Waals surface area contributed by atoms with E-state index in [0.29, 0.717) is 13.2 Å². The lowest BCUT2D eigenvalue weighted by Crippen LogP contribution is -2.28. The molecule has 6 nitrogen and oxygen atoms in total. The molecule has 2 aromatic rings. The molecule has 2 N–H and O–H groups in total. The SMILES string of the molecule is NCC1CN(c2cc(F)c(-c3ccc(C4(F)C5COCC54)nc3)c(F)c2F)C(=O)O1. The number of carbonyl (C=O) groups is 1. The Morgan fingerprint density at radius 1 is 1.20 bits per heavy atom. The van der Waals surface area contributed by atoms with E-state index in [4.69, 9.17) is 15.2 Å². The van der Waals surface area contributed by atoms with Crippen LogP contribution in [-0.4, -0.2) is 43.5 Å². The number of pyridine rings is 1. The summed E-state index contributed by atoms with van der Waals surface area (Å²) in [5.74, 6) is -4.50. The van der Waals surface area contributed by atoms with Crippen molar-refractivity contribution in [1.29, 1.82) is 0 Å². The molecule has 3 heterocycles. The van der Waals surface area contributed by atoms with E-state index in [1.807, 2.05) is 0 Å². The Bertz CT molecular complexity index is 1020. The monoisotopic (exact) mass is 423 g/mol. The van der Waals surface area contributed by atoms with Crippen molar-refractivity contribution in [3.8, 4) is 11.1 Å². The molecule has 3 aliphatic rings. The maximum atomic E-state index is 15.0. The van der Waals surface area contributed by atoms with Gasteiger partial charge < -0.3 is 15.2 Å². The van der Waals surface area contributed by atoms with Crippen molar-refractivity contribution in [2.75, 3.05) is 31.2 Å². The Labute approximate surface area is 168 Å². The predicted molar refractivity (Wildman–Crippen MR) is 96.8 cm³/mol. The van der Waals surface area contributed by atoms with E-state index in [9.17, 15) is 18.0 Å². The molecule has 1 saturated carbocycles. The maximum Gasteiger partial charge on any atom is 0.414 e. The van der Waals surface area contributed by atoms with Gasteiger partial charge in [0.05, 0.1) is 36.7 Å². The fourth-order valence-corrected chi connectivity index (χ4v) is 4.33. The number of alkyl halides is 1. The minimum absolute atomic E-state index is 0.00513.